The number of hydrogen-bond acceptors (Lipinski definition) is 3. The summed E-state index contributed by atoms with van der Waals surface area (Å²) in [5, 5.41) is 8.93. The van der Waals surface area contributed by atoms with E-state index >= 15 is 0 Å². The molecular weight excluding hydrogens is 290 g/mol. The first-order chi connectivity index (χ1) is 8.61. The molecule has 1 aliphatic heterocycles. The molecule has 0 amide bonds. The molecule has 1 heterocycles. The van der Waals surface area contributed by atoms with E-state index in [0.717, 1.165) is 30.7 Å². The number of nitriles is 1. The molecule has 3 nitrogen and oxygen atoms in total. The van der Waals surface area contributed by atoms with Crippen LogP contribution in [0.1, 0.15) is 12.5 Å². The highest BCUT2D eigenvalue weighted by Gasteiger charge is 2.21. The van der Waals surface area contributed by atoms with Crippen LogP contribution in [-0.2, 0) is 0 Å². The summed E-state index contributed by atoms with van der Waals surface area (Å²) in [7, 11) is 0. The Morgan fingerprint density at radius 3 is 2.50 bits per heavy atom. The number of aryl methyl sites for hydroxylation is 1. The molecule has 1 fully saturated rings. The van der Waals surface area contributed by atoms with Gasteiger partial charge in [-0.25, -0.2) is 0 Å². The van der Waals surface area contributed by atoms with Gasteiger partial charge in [-0.2, -0.15) is 5.26 Å². The lowest BCUT2D eigenvalue weighted by molar-refractivity contribution is 0.231. The molecule has 96 valence electrons. The number of nitrogens with zero attached hydrogens (tertiary/aromatic N) is 3. The molecule has 0 spiro atoms. The van der Waals surface area contributed by atoms with Crippen LogP contribution >= 0.6 is 15.9 Å². The van der Waals surface area contributed by atoms with E-state index in [1.165, 1.54) is 11.3 Å². The maximum absolute atomic E-state index is 8.93. The average molecular weight is 308 g/mol. The molecule has 2 rings (SSSR count). The Labute approximate surface area is 117 Å². The number of halogens is 1. The molecule has 0 aliphatic carbocycles. The van der Waals surface area contributed by atoms with Gasteiger partial charge in [-0.05, 0) is 37.6 Å². The van der Waals surface area contributed by atoms with Gasteiger partial charge in [0.25, 0.3) is 0 Å². The van der Waals surface area contributed by atoms with E-state index < -0.39 is 0 Å². The van der Waals surface area contributed by atoms with Crippen molar-refractivity contribution in [3.63, 3.8) is 0 Å². The van der Waals surface area contributed by atoms with Gasteiger partial charge in [0.15, 0.2) is 0 Å². The zero-order valence-corrected chi connectivity index (χ0v) is 12.4. The van der Waals surface area contributed by atoms with Gasteiger partial charge >= 0.3 is 0 Å². The van der Waals surface area contributed by atoms with Crippen LogP contribution in [0.5, 0.6) is 0 Å². The van der Waals surface area contributed by atoms with Crippen LogP contribution in [0.25, 0.3) is 0 Å². The van der Waals surface area contributed by atoms with E-state index in [0.29, 0.717) is 0 Å². The Bertz CT molecular complexity index is 459. The van der Waals surface area contributed by atoms with E-state index in [4.69, 9.17) is 5.26 Å². The summed E-state index contributed by atoms with van der Waals surface area (Å²) in [5.41, 5.74) is 2.61. The van der Waals surface area contributed by atoms with Gasteiger partial charge in [0, 0.05) is 36.3 Å². The van der Waals surface area contributed by atoms with Gasteiger partial charge < -0.3 is 4.90 Å². The first-order valence-electron chi connectivity index (χ1n) is 6.26. The van der Waals surface area contributed by atoms with Gasteiger partial charge in [-0.15, -0.1) is 0 Å². The topological polar surface area (TPSA) is 30.3 Å². The summed E-state index contributed by atoms with van der Waals surface area (Å²) in [6.45, 7) is 8.03. The van der Waals surface area contributed by atoms with E-state index in [-0.39, 0.29) is 6.04 Å². The van der Waals surface area contributed by atoms with Gasteiger partial charge in [-0.1, -0.05) is 15.9 Å². The molecule has 1 aliphatic rings. The normalized spacial score (nSPS) is 18.4. The van der Waals surface area contributed by atoms with Crippen LogP contribution in [-0.4, -0.2) is 37.1 Å². The number of hydrogen-bond donors (Lipinski definition) is 0. The lowest BCUT2D eigenvalue weighted by Crippen LogP contribution is -2.49. The highest BCUT2D eigenvalue weighted by molar-refractivity contribution is 9.10. The highest BCUT2D eigenvalue weighted by atomic mass is 79.9. The van der Waals surface area contributed by atoms with Crippen LogP contribution in [0.2, 0.25) is 0 Å². The molecule has 0 aromatic heterocycles. The second kappa shape index (κ2) is 5.73. The van der Waals surface area contributed by atoms with Gasteiger partial charge in [0.2, 0.25) is 0 Å². The summed E-state index contributed by atoms with van der Waals surface area (Å²) < 4.78 is 1.13. The molecule has 1 atom stereocenters. The Morgan fingerprint density at radius 2 is 1.94 bits per heavy atom. The summed E-state index contributed by atoms with van der Waals surface area (Å²) >= 11 is 3.50. The van der Waals surface area contributed by atoms with Gasteiger partial charge in [-0.3, -0.25) is 4.90 Å². The zero-order valence-electron chi connectivity index (χ0n) is 10.9. The van der Waals surface area contributed by atoms with E-state index in [1.54, 1.807) is 0 Å². The fraction of sp³-hybridized carbons (Fsp3) is 0.500. The first kappa shape index (κ1) is 13.4. The second-order valence-corrected chi connectivity index (χ2v) is 5.67. The predicted octanol–water partition coefficient (Wildman–Crippen LogP) is 2.79. The minimum Gasteiger partial charge on any atom is -0.369 e. The molecule has 18 heavy (non-hydrogen) atoms. The molecular formula is C14H18BrN3. The zero-order chi connectivity index (χ0) is 13.1. The van der Waals surface area contributed by atoms with Crippen LogP contribution in [0.4, 0.5) is 5.69 Å². The van der Waals surface area contributed by atoms with Crippen molar-refractivity contribution >= 4 is 21.6 Å². The predicted molar refractivity (Wildman–Crippen MR) is 77.7 cm³/mol. The number of rotatable bonds is 2. The molecule has 1 aromatic carbocycles. The number of anilines is 1. The summed E-state index contributed by atoms with van der Waals surface area (Å²) in [6.07, 6.45) is 0. The van der Waals surface area contributed by atoms with Crippen LogP contribution in [0, 0.1) is 18.3 Å². The smallest absolute Gasteiger partial charge is 0.0950 e. The van der Waals surface area contributed by atoms with Crippen molar-refractivity contribution in [3.8, 4) is 6.07 Å². The van der Waals surface area contributed by atoms with E-state index in [1.807, 2.05) is 6.92 Å². The standard InChI is InChI=1S/C14H18BrN3/c1-11-9-13(15)3-4-14(11)18-7-5-17(6-8-18)12(2)10-16/h3-4,9,12H,5-8H2,1-2H3. The average Bonchev–Trinajstić information content (AvgIpc) is 2.38. The van der Waals surface area contributed by atoms with Crippen molar-refractivity contribution in [2.24, 2.45) is 0 Å². The maximum Gasteiger partial charge on any atom is 0.0950 e. The van der Waals surface area contributed by atoms with Gasteiger partial charge in [0.05, 0.1) is 12.1 Å². The molecule has 1 unspecified atom stereocenters. The lowest BCUT2D eigenvalue weighted by Gasteiger charge is -2.37. The minimum atomic E-state index is 0.0261. The number of piperazine rings is 1. The molecule has 1 aromatic rings. The van der Waals surface area contributed by atoms with Crippen molar-refractivity contribution in [1.29, 1.82) is 5.26 Å². The molecule has 0 bridgehead atoms. The second-order valence-electron chi connectivity index (χ2n) is 4.76. The Hall–Kier alpha value is -1.05. The van der Waals surface area contributed by atoms with Gasteiger partial charge in [0.1, 0.15) is 0 Å². The molecule has 0 saturated carbocycles. The molecule has 4 heteroatoms. The minimum absolute atomic E-state index is 0.0261. The van der Waals surface area contributed by atoms with E-state index in [9.17, 15) is 0 Å². The summed E-state index contributed by atoms with van der Waals surface area (Å²) in [4.78, 5) is 4.65. The SMILES string of the molecule is Cc1cc(Br)ccc1N1CCN(C(C)C#N)CC1. The summed E-state index contributed by atoms with van der Waals surface area (Å²) in [6, 6.07) is 8.75. The van der Waals surface area contributed by atoms with Crippen LogP contribution < -0.4 is 4.90 Å². The van der Waals surface area contributed by atoms with Crippen LogP contribution in [0.3, 0.4) is 0 Å². The Morgan fingerprint density at radius 1 is 1.28 bits per heavy atom. The molecule has 1 saturated heterocycles. The fourth-order valence-electron chi connectivity index (χ4n) is 2.41. The van der Waals surface area contributed by atoms with Crippen LogP contribution in [0.15, 0.2) is 22.7 Å². The first-order valence-corrected chi connectivity index (χ1v) is 7.06. The van der Waals surface area contributed by atoms with Crippen molar-refractivity contribution in [2.75, 3.05) is 31.1 Å². The largest absolute Gasteiger partial charge is 0.369 e. The van der Waals surface area contributed by atoms with Crippen molar-refractivity contribution in [2.45, 2.75) is 19.9 Å². The third-order valence-electron chi connectivity index (χ3n) is 3.55. The highest BCUT2D eigenvalue weighted by Crippen LogP contribution is 2.25. The lowest BCUT2D eigenvalue weighted by atomic mass is 10.1. The maximum atomic E-state index is 8.93. The monoisotopic (exact) mass is 307 g/mol. The van der Waals surface area contributed by atoms with E-state index in [2.05, 4.69) is 56.9 Å². The quantitative estimate of drug-likeness (QED) is 0.841. The van der Waals surface area contributed by atoms with Crippen molar-refractivity contribution < 1.29 is 0 Å². The van der Waals surface area contributed by atoms with Crippen molar-refractivity contribution in [1.82, 2.24) is 4.90 Å². The Kier molecular flexibility index (Phi) is 4.26. The molecule has 0 N–H and O–H groups in total. The Balaban J connectivity index is 2.04. The third kappa shape index (κ3) is 2.85. The van der Waals surface area contributed by atoms with Crippen molar-refractivity contribution in [3.05, 3.63) is 28.2 Å². The number of benzene rings is 1. The summed E-state index contributed by atoms with van der Waals surface area (Å²) in [5.74, 6) is 0. The molecule has 0 radical (unpaired) electrons. The third-order valence-corrected chi connectivity index (χ3v) is 4.04. The fourth-order valence-corrected chi connectivity index (χ4v) is 2.88.